The molecule has 2 aromatic rings. The van der Waals surface area contributed by atoms with Crippen LogP contribution in [0.1, 0.15) is 43.0 Å². The first-order valence-corrected chi connectivity index (χ1v) is 10.9. The lowest BCUT2D eigenvalue weighted by Crippen LogP contribution is -2.57. The Kier molecular flexibility index (Phi) is 4.95. The molecule has 0 spiro atoms. The third kappa shape index (κ3) is 3.68. The fourth-order valence-corrected chi connectivity index (χ4v) is 4.89. The molecule has 0 unspecified atom stereocenters. The van der Waals surface area contributed by atoms with Crippen LogP contribution in [0, 0.1) is 5.92 Å². The van der Waals surface area contributed by atoms with E-state index in [1.807, 2.05) is 24.0 Å². The van der Waals surface area contributed by atoms with Gasteiger partial charge in [0.1, 0.15) is 12.9 Å². The number of fused-ring (bicyclic) bond motifs is 1. The highest BCUT2D eigenvalue weighted by atomic mass is 16.2. The summed E-state index contributed by atoms with van der Waals surface area (Å²) in [5, 5.41) is 9.72. The van der Waals surface area contributed by atoms with Gasteiger partial charge in [-0.2, -0.15) is 5.10 Å². The van der Waals surface area contributed by atoms with E-state index in [0.29, 0.717) is 30.4 Å². The number of carbonyl (C=O) groups is 3. The van der Waals surface area contributed by atoms with Crippen molar-refractivity contribution in [3.63, 3.8) is 0 Å². The van der Waals surface area contributed by atoms with Gasteiger partial charge in [-0.05, 0) is 37.8 Å². The van der Waals surface area contributed by atoms with Crippen molar-refractivity contribution >= 4 is 17.7 Å². The second-order valence-electron chi connectivity index (χ2n) is 8.65. The lowest BCUT2D eigenvalue weighted by Gasteiger charge is -2.39. The summed E-state index contributed by atoms with van der Waals surface area (Å²) in [5.74, 6) is 0.246. The summed E-state index contributed by atoms with van der Waals surface area (Å²) >= 11 is 0. The molecule has 2 saturated heterocycles. The van der Waals surface area contributed by atoms with Crippen LogP contribution < -0.4 is 5.32 Å². The molecule has 5 rings (SSSR count). The van der Waals surface area contributed by atoms with Crippen molar-refractivity contribution in [3.05, 3.63) is 36.2 Å². The Hall–Kier alpha value is -3.23. The van der Waals surface area contributed by atoms with E-state index in [2.05, 4.69) is 20.5 Å². The molecule has 9 nitrogen and oxygen atoms in total. The Bertz CT molecular complexity index is 985. The Labute approximate surface area is 180 Å². The van der Waals surface area contributed by atoms with Crippen molar-refractivity contribution in [2.75, 3.05) is 13.1 Å². The van der Waals surface area contributed by atoms with E-state index >= 15 is 0 Å². The van der Waals surface area contributed by atoms with Crippen molar-refractivity contribution in [2.45, 2.75) is 50.7 Å². The summed E-state index contributed by atoms with van der Waals surface area (Å²) in [6.45, 7) is 2.52. The summed E-state index contributed by atoms with van der Waals surface area (Å²) in [5.41, 5.74) is 1.36. The van der Waals surface area contributed by atoms with Crippen molar-refractivity contribution in [1.82, 2.24) is 30.3 Å². The van der Waals surface area contributed by atoms with E-state index in [1.165, 1.54) is 6.33 Å². The van der Waals surface area contributed by atoms with Crippen molar-refractivity contribution in [2.24, 2.45) is 5.92 Å². The van der Waals surface area contributed by atoms with Crippen LogP contribution >= 0.6 is 0 Å². The molecule has 3 aliphatic rings. The Morgan fingerprint density at radius 1 is 1.23 bits per heavy atom. The standard InChI is InChI=1S/C22H26N6O3/c1-2-18-17(21(30)25-15-7-8-15)9-16-10-27(11-19(29)28(16)18)22(31)14-5-3-13(4-6-14)20-23-12-24-26-20/h3-6,12,15-18H,2,7-11H2,1H3,(H,25,30)(H,23,24,26)/t16-,17-,18-/m0/s1. The molecule has 162 valence electrons. The number of nitrogens with one attached hydrogen (secondary N) is 2. The molecule has 3 atom stereocenters. The second kappa shape index (κ2) is 7.79. The van der Waals surface area contributed by atoms with Gasteiger partial charge in [0, 0.05) is 29.8 Å². The first kappa shape index (κ1) is 19.7. The molecular formula is C22H26N6O3. The van der Waals surface area contributed by atoms with Crippen LogP contribution in [0.3, 0.4) is 0 Å². The van der Waals surface area contributed by atoms with Crippen LogP contribution in [0.15, 0.2) is 30.6 Å². The fourth-order valence-electron chi connectivity index (χ4n) is 4.89. The molecule has 9 heteroatoms. The molecule has 2 N–H and O–H groups in total. The number of carbonyl (C=O) groups excluding carboxylic acids is 3. The van der Waals surface area contributed by atoms with E-state index in [1.54, 1.807) is 17.0 Å². The van der Waals surface area contributed by atoms with Gasteiger partial charge in [-0.3, -0.25) is 19.5 Å². The molecule has 1 saturated carbocycles. The van der Waals surface area contributed by atoms with E-state index in [4.69, 9.17) is 0 Å². The molecule has 2 aliphatic heterocycles. The van der Waals surface area contributed by atoms with Crippen LogP contribution in [0.5, 0.6) is 0 Å². The van der Waals surface area contributed by atoms with Crippen molar-refractivity contribution in [3.8, 4) is 11.4 Å². The average molecular weight is 422 g/mol. The quantitative estimate of drug-likeness (QED) is 0.752. The van der Waals surface area contributed by atoms with Crippen LogP contribution in [-0.2, 0) is 9.59 Å². The van der Waals surface area contributed by atoms with Gasteiger partial charge in [-0.1, -0.05) is 19.1 Å². The van der Waals surface area contributed by atoms with Gasteiger partial charge in [-0.15, -0.1) is 0 Å². The summed E-state index contributed by atoms with van der Waals surface area (Å²) in [4.78, 5) is 46.4. The maximum absolute atomic E-state index is 13.1. The molecule has 0 radical (unpaired) electrons. The van der Waals surface area contributed by atoms with Crippen LogP contribution in [-0.4, -0.2) is 73.9 Å². The zero-order valence-electron chi connectivity index (χ0n) is 17.5. The minimum atomic E-state index is -0.198. The van der Waals surface area contributed by atoms with E-state index in [-0.39, 0.29) is 42.3 Å². The molecule has 3 fully saturated rings. The number of amides is 3. The van der Waals surface area contributed by atoms with E-state index < -0.39 is 0 Å². The summed E-state index contributed by atoms with van der Waals surface area (Å²) in [7, 11) is 0. The van der Waals surface area contributed by atoms with Crippen LogP contribution in [0.2, 0.25) is 0 Å². The molecule has 0 bridgehead atoms. The van der Waals surface area contributed by atoms with Crippen molar-refractivity contribution < 1.29 is 14.4 Å². The van der Waals surface area contributed by atoms with Gasteiger partial charge in [-0.25, -0.2) is 4.98 Å². The van der Waals surface area contributed by atoms with E-state index in [9.17, 15) is 14.4 Å². The molecule has 3 heterocycles. The Morgan fingerprint density at radius 2 is 2.00 bits per heavy atom. The zero-order chi connectivity index (χ0) is 21.5. The number of aromatic amines is 1. The van der Waals surface area contributed by atoms with Crippen LogP contribution in [0.4, 0.5) is 0 Å². The number of H-pyrrole nitrogens is 1. The van der Waals surface area contributed by atoms with Crippen molar-refractivity contribution in [1.29, 1.82) is 0 Å². The molecular weight excluding hydrogens is 396 g/mol. The average Bonchev–Trinajstić information content (AvgIpc) is 3.28. The maximum Gasteiger partial charge on any atom is 0.254 e. The second-order valence-corrected chi connectivity index (χ2v) is 8.65. The summed E-state index contributed by atoms with van der Waals surface area (Å²) in [6.07, 6.45) is 4.86. The highest BCUT2D eigenvalue weighted by Gasteiger charge is 2.49. The highest BCUT2D eigenvalue weighted by Crippen LogP contribution is 2.36. The predicted octanol–water partition coefficient (Wildman–Crippen LogP) is 1.20. The van der Waals surface area contributed by atoms with Gasteiger partial charge in [0.2, 0.25) is 11.8 Å². The third-order valence-electron chi connectivity index (χ3n) is 6.57. The first-order valence-electron chi connectivity index (χ1n) is 10.9. The molecule has 3 amide bonds. The minimum absolute atomic E-state index is 0.0483. The van der Waals surface area contributed by atoms with Gasteiger partial charge in [0.15, 0.2) is 5.82 Å². The zero-order valence-corrected chi connectivity index (χ0v) is 17.5. The highest BCUT2D eigenvalue weighted by molar-refractivity contribution is 5.98. The molecule has 31 heavy (non-hydrogen) atoms. The summed E-state index contributed by atoms with van der Waals surface area (Å²) < 4.78 is 0. The number of hydrogen-bond acceptors (Lipinski definition) is 5. The first-order chi connectivity index (χ1) is 15.0. The number of hydrogen-bond donors (Lipinski definition) is 2. The summed E-state index contributed by atoms with van der Waals surface area (Å²) in [6, 6.07) is 7.21. The maximum atomic E-state index is 13.1. The monoisotopic (exact) mass is 422 g/mol. The number of piperazine rings is 1. The largest absolute Gasteiger partial charge is 0.353 e. The SMILES string of the molecule is CC[C@H]1[C@@H](C(=O)NC2CC2)C[C@H]2CN(C(=O)c3ccc(-c4ncn[nH]4)cc3)CC(=O)N21. The lowest BCUT2D eigenvalue weighted by atomic mass is 9.96. The smallest absolute Gasteiger partial charge is 0.254 e. The molecule has 1 aliphatic carbocycles. The van der Waals surface area contributed by atoms with Crippen LogP contribution in [0.25, 0.3) is 11.4 Å². The Balaban J connectivity index is 1.30. The Morgan fingerprint density at radius 3 is 2.65 bits per heavy atom. The fraction of sp³-hybridized carbons (Fsp3) is 0.500. The number of benzene rings is 1. The minimum Gasteiger partial charge on any atom is -0.353 e. The van der Waals surface area contributed by atoms with Gasteiger partial charge >= 0.3 is 0 Å². The predicted molar refractivity (Wildman–Crippen MR) is 112 cm³/mol. The van der Waals surface area contributed by atoms with Gasteiger partial charge < -0.3 is 15.1 Å². The normalized spacial score (nSPS) is 25.5. The third-order valence-corrected chi connectivity index (χ3v) is 6.57. The molecule has 1 aromatic carbocycles. The number of nitrogens with zero attached hydrogens (tertiary/aromatic N) is 4. The topological polar surface area (TPSA) is 111 Å². The van der Waals surface area contributed by atoms with Gasteiger partial charge in [0.05, 0.1) is 12.0 Å². The van der Waals surface area contributed by atoms with E-state index in [0.717, 1.165) is 24.8 Å². The number of aromatic nitrogens is 3. The van der Waals surface area contributed by atoms with Gasteiger partial charge in [0.25, 0.3) is 5.91 Å². The lowest BCUT2D eigenvalue weighted by molar-refractivity contribution is -0.139. The molecule has 1 aromatic heterocycles. The number of rotatable bonds is 5.